The van der Waals surface area contributed by atoms with Crippen LogP contribution in [0.5, 0.6) is 11.5 Å². The number of ether oxygens (including phenoxy) is 2. The highest BCUT2D eigenvalue weighted by atomic mass is 79.9. The van der Waals surface area contributed by atoms with Gasteiger partial charge in [-0.1, -0.05) is 23.4 Å². The Morgan fingerprint density at radius 3 is 2.81 bits per heavy atom. The van der Waals surface area contributed by atoms with E-state index in [1.165, 1.54) is 0 Å². The first-order valence-electron chi connectivity index (χ1n) is 8.49. The van der Waals surface area contributed by atoms with Gasteiger partial charge in [0.15, 0.2) is 11.5 Å². The Balaban J connectivity index is 1.50. The number of rotatable bonds is 4. The lowest BCUT2D eigenvalue weighted by Crippen LogP contribution is -2.27. The molecule has 1 aliphatic rings. The molecule has 2 heterocycles. The van der Waals surface area contributed by atoms with Crippen LogP contribution in [0.3, 0.4) is 0 Å². The van der Waals surface area contributed by atoms with E-state index in [2.05, 4.69) is 31.6 Å². The van der Waals surface area contributed by atoms with Gasteiger partial charge in [-0.2, -0.15) is 0 Å². The van der Waals surface area contributed by atoms with Gasteiger partial charge in [-0.05, 0) is 47.1 Å². The summed E-state index contributed by atoms with van der Waals surface area (Å²) in [6.45, 7) is 2.82. The van der Waals surface area contributed by atoms with E-state index < -0.39 is 0 Å². The van der Waals surface area contributed by atoms with Crippen molar-refractivity contribution in [3.8, 4) is 17.2 Å². The fourth-order valence-corrected chi connectivity index (χ4v) is 3.33. The van der Waals surface area contributed by atoms with Crippen LogP contribution >= 0.6 is 15.9 Å². The van der Waals surface area contributed by atoms with Crippen molar-refractivity contribution in [1.82, 2.24) is 20.3 Å². The first-order chi connectivity index (χ1) is 13.1. The third kappa shape index (κ3) is 3.66. The topological polar surface area (TPSA) is 78.3 Å². The molecule has 1 N–H and O–H groups in total. The maximum atomic E-state index is 12.7. The van der Waals surface area contributed by atoms with Crippen LogP contribution in [0.2, 0.25) is 0 Å². The number of amides is 1. The number of benzene rings is 2. The maximum absolute atomic E-state index is 12.7. The minimum atomic E-state index is -0.304. The standard InChI is InChI=1S/C19H17BrN4O3/c1-12(16-11-24(23-22-16)14-5-3-2-4-6-14)21-19(25)13-9-15(20)18-17(10-13)26-7-8-27-18/h2-6,9-12H,7-8H2,1H3,(H,21,25)/t12-/m0/s1. The predicted octanol–water partition coefficient (Wildman–Crippen LogP) is 3.29. The van der Waals surface area contributed by atoms with Gasteiger partial charge in [-0.25, -0.2) is 4.68 Å². The second-order valence-electron chi connectivity index (χ2n) is 6.10. The van der Waals surface area contributed by atoms with E-state index >= 15 is 0 Å². The minimum Gasteiger partial charge on any atom is -0.486 e. The summed E-state index contributed by atoms with van der Waals surface area (Å²) in [6.07, 6.45) is 1.81. The number of hydrogen-bond donors (Lipinski definition) is 1. The molecule has 0 bridgehead atoms. The molecule has 0 fully saturated rings. The molecular formula is C19H17BrN4O3. The van der Waals surface area contributed by atoms with Crippen molar-refractivity contribution < 1.29 is 14.3 Å². The number of fused-ring (bicyclic) bond motifs is 1. The zero-order valence-electron chi connectivity index (χ0n) is 14.6. The first kappa shape index (κ1) is 17.5. The van der Waals surface area contributed by atoms with Crippen molar-refractivity contribution >= 4 is 21.8 Å². The lowest BCUT2D eigenvalue weighted by molar-refractivity contribution is 0.0937. The second kappa shape index (κ2) is 7.40. The number of para-hydroxylation sites is 1. The summed E-state index contributed by atoms with van der Waals surface area (Å²) in [7, 11) is 0. The average molecular weight is 429 g/mol. The maximum Gasteiger partial charge on any atom is 0.251 e. The van der Waals surface area contributed by atoms with Crippen molar-refractivity contribution in [2.24, 2.45) is 0 Å². The van der Waals surface area contributed by atoms with Gasteiger partial charge in [0.1, 0.15) is 18.9 Å². The molecule has 0 unspecified atom stereocenters. The number of nitrogens with one attached hydrogen (secondary N) is 1. The van der Waals surface area contributed by atoms with Gasteiger partial charge >= 0.3 is 0 Å². The molecule has 0 aliphatic carbocycles. The Morgan fingerprint density at radius 1 is 1.22 bits per heavy atom. The van der Waals surface area contributed by atoms with Crippen LogP contribution in [0.25, 0.3) is 5.69 Å². The van der Waals surface area contributed by atoms with Crippen molar-refractivity contribution in [3.05, 3.63) is 64.4 Å². The minimum absolute atomic E-state index is 0.227. The van der Waals surface area contributed by atoms with Crippen LogP contribution in [0.1, 0.15) is 29.0 Å². The summed E-state index contributed by atoms with van der Waals surface area (Å²) in [4.78, 5) is 12.7. The molecule has 138 valence electrons. The normalized spacial score (nSPS) is 13.9. The highest BCUT2D eigenvalue weighted by molar-refractivity contribution is 9.10. The van der Waals surface area contributed by atoms with E-state index in [1.807, 2.05) is 37.3 Å². The molecule has 0 saturated heterocycles. The van der Waals surface area contributed by atoms with Crippen molar-refractivity contribution in [2.45, 2.75) is 13.0 Å². The smallest absolute Gasteiger partial charge is 0.251 e. The SMILES string of the molecule is C[C@H](NC(=O)c1cc(Br)c2c(c1)OCCO2)c1cn(-c2ccccc2)nn1. The van der Waals surface area contributed by atoms with Crippen molar-refractivity contribution in [1.29, 1.82) is 0 Å². The van der Waals surface area contributed by atoms with Gasteiger partial charge in [-0.15, -0.1) is 5.10 Å². The van der Waals surface area contributed by atoms with Gasteiger partial charge in [0.25, 0.3) is 5.91 Å². The third-order valence-corrected chi connectivity index (χ3v) is 4.77. The zero-order chi connectivity index (χ0) is 18.8. The van der Waals surface area contributed by atoms with Crippen LogP contribution in [0, 0.1) is 0 Å². The fourth-order valence-electron chi connectivity index (χ4n) is 2.78. The number of carbonyl (C=O) groups excluding carboxylic acids is 1. The zero-order valence-corrected chi connectivity index (χ0v) is 16.1. The molecule has 27 heavy (non-hydrogen) atoms. The largest absolute Gasteiger partial charge is 0.486 e. The molecule has 0 spiro atoms. The highest BCUT2D eigenvalue weighted by Gasteiger charge is 2.21. The Labute approximate surface area is 164 Å². The van der Waals surface area contributed by atoms with Crippen LogP contribution in [0.4, 0.5) is 0 Å². The van der Waals surface area contributed by atoms with Crippen LogP contribution in [-0.4, -0.2) is 34.1 Å². The summed E-state index contributed by atoms with van der Waals surface area (Å²) in [5, 5.41) is 11.2. The Kier molecular flexibility index (Phi) is 4.81. The molecule has 1 aliphatic heterocycles. The van der Waals surface area contributed by atoms with E-state index in [0.29, 0.717) is 40.4 Å². The second-order valence-corrected chi connectivity index (χ2v) is 6.96. The fraction of sp³-hybridized carbons (Fsp3) is 0.211. The van der Waals surface area contributed by atoms with Crippen molar-refractivity contribution in [2.75, 3.05) is 13.2 Å². The third-order valence-electron chi connectivity index (χ3n) is 4.18. The average Bonchev–Trinajstić information content (AvgIpc) is 3.19. The molecule has 0 saturated carbocycles. The summed E-state index contributed by atoms with van der Waals surface area (Å²) in [5.41, 5.74) is 2.06. The number of hydrogen-bond acceptors (Lipinski definition) is 5. The molecule has 2 aromatic carbocycles. The van der Waals surface area contributed by atoms with Crippen LogP contribution < -0.4 is 14.8 Å². The Hall–Kier alpha value is -2.87. The van der Waals surface area contributed by atoms with Gasteiger partial charge < -0.3 is 14.8 Å². The quantitative estimate of drug-likeness (QED) is 0.689. The van der Waals surface area contributed by atoms with Gasteiger partial charge in [0, 0.05) is 5.56 Å². The molecule has 1 atom stereocenters. The Morgan fingerprint density at radius 2 is 2.00 bits per heavy atom. The van der Waals surface area contributed by atoms with Gasteiger partial charge in [0.05, 0.1) is 22.4 Å². The van der Waals surface area contributed by atoms with E-state index in [0.717, 1.165) is 5.69 Å². The molecule has 1 amide bonds. The van der Waals surface area contributed by atoms with E-state index in [9.17, 15) is 4.79 Å². The van der Waals surface area contributed by atoms with E-state index in [1.54, 1.807) is 23.0 Å². The number of carbonyl (C=O) groups is 1. The monoisotopic (exact) mass is 428 g/mol. The van der Waals surface area contributed by atoms with Gasteiger partial charge in [-0.3, -0.25) is 4.79 Å². The van der Waals surface area contributed by atoms with Gasteiger partial charge in [0.2, 0.25) is 0 Å². The molecule has 3 aromatic rings. The van der Waals surface area contributed by atoms with Crippen LogP contribution in [0.15, 0.2) is 53.1 Å². The van der Waals surface area contributed by atoms with Crippen molar-refractivity contribution in [3.63, 3.8) is 0 Å². The summed E-state index contributed by atoms with van der Waals surface area (Å²) >= 11 is 3.43. The summed E-state index contributed by atoms with van der Waals surface area (Å²) in [6, 6.07) is 12.8. The van der Waals surface area contributed by atoms with E-state index in [-0.39, 0.29) is 11.9 Å². The number of nitrogens with zero attached hydrogens (tertiary/aromatic N) is 3. The first-order valence-corrected chi connectivity index (χ1v) is 9.29. The predicted molar refractivity (Wildman–Crippen MR) is 102 cm³/mol. The number of aromatic nitrogens is 3. The lowest BCUT2D eigenvalue weighted by atomic mass is 10.1. The van der Waals surface area contributed by atoms with Crippen LogP contribution in [-0.2, 0) is 0 Å². The molecule has 4 rings (SSSR count). The molecular weight excluding hydrogens is 412 g/mol. The summed E-state index contributed by atoms with van der Waals surface area (Å²) < 4.78 is 13.5. The highest BCUT2D eigenvalue weighted by Crippen LogP contribution is 2.38. The molecule has 1 aromatic heterocycles. The molecule has 8 heteroatoms. The Bertz CT molecular complexity index is 974. The summed E-state index contributed by atoms with van der Waals surface area (Å²) in [5.74, 6) is 0.953. The molecule has 0 radical (unpaired) electrons. The lowest BCUT2D eigenvalue weighted by Gasteiger charge is -2.20. The number of halogens is 1. The van der Waals surface area contributed by atoms with E-state index in [4.69, 9.17) is 9.47 Å². The molecule has 7 nitrogen and oxygen atoms in total.